The number of fused-ring (bicyclic) bond motifs is 1. The number of carbonyl (C=O) groups is 6. The molecule has 18 nitrogen and oxygen atoms in total. The Hall–Kier alpha value is -6.08. The predicted octanol–water partition coefficient (Wildman–Crippen LogP) is 2.04. The molecule has 0 aromatic heterocycles. The fraction of sp³-hybridized carbons (Fsp3) is 0.455. The van der Waals surface area contributed by atoms with Crippen molar-refractivity contribution in [1.29, 1.82) is 0 Å². The van der Waals surface area contributed by atoms with E-state index in [0.717, 1.165) is 29.7 Å². The number of methoxy groups -OCH3 is 2. The van der Waals surface area contributed by atoms with Gasteiger partial charge in [0.15, 0.2) is 24.7 Å². The van der Waals surface area contributed by atoms with Gasteiger partial charge >= 0.3 is 0 Å². The lowest BCUT2D eigenvalue weighted by molar-refractivity contribution is -0.136. The zero-order valence-corrected chi connectivity index (χ0v) is 35.0. The largest absolute Gasteiger partial charge is 0.493 e. The van der Waals surface area contributed by atoms with Gasteiger partial charge in [-0.25, -0.2) is 0 Å². The second-order valence-corrected chi connectivity index (χ2v) is 14.0. The average molecular weight is 863 g/mol. The molecule has 0 saturated carbocycles. The Morgan fingerprint density at radius 2 is 1.26 bits per heavy atom. The van der Waals surface area contributed by atoms with E-state index in [1.807, 2.05) is 42.5 Å². The molecule has 2 heterocycles. The Kier molecular flexibility index (Phi) is 18.9. The van der Waals surface area contributed by atoms with E-state index in [9.17, 15) is 28.8 Å². The van der Waals surface area contributed by atoms with Gasteiger partial charge < -0.3 is 48.5 Å². The number of rotatable bonds is 28. The summed E-state index contributed by atoms with van der Waals surface area (Å²) in [6, 6.07) is 17.0. The smallest absolute Gasteiger partial charge is 0.266 e. The molecule has 0 spiro atoms. The molecular formula is C44H54N4O14. The van der Waals surface area contributed by atoms with E-state index >= 15 is 0 Å². The quantitative estimate of drug-likeness (QED) is 0.0704. The van der Waals surface area contributed by atoms with Gasteiger partial charge in [0.25, 0.3) is 23.6 Å². The summed E-state index contributed by atoms with van der Waals surface area (Å²) < 4.78 is 43.9. The molecule has 5 rings (SSSR count). The molecular weight excluding hydrogens is 808 g/mol. The number of ether oxygens (including phenoxy) is 8. The summed E-state index contributed by atoms with van der Waals surface area (Å²) in [5.41, 5.74) is 2.32. The van der Waals surface area contributed by atoms with Crippen LogP contribution in [0.3, 0.4) is 0 Å². The first-order valence-electron chi connectivity index (χ1n) is 20.4. The average Bonchev–Trinajstić information content (AvgIpc) is 3.53. The fourth-order valence-corrected chi connectivity index (χ4v) is 6.61. The van der Waals surface area contributed by atoms with Crippen LogP contribution in [0.15, 0.2) is 60.7 Å². The number of nitrogens with zero attached hydrogens (tertiary/aromatic N) is 1. The third-order valence-corrected chi connectivity index (χ3v) is 9.69. The van der Waals surface area contributed by atoms with Crippen molar-refractivity contribution in [1.82, 2.24) is 20.9 Å². The first kappa shape index (κ1) is 47.0. The highest BCUT2D eigenvalue weighted by Crippen LogP contribution is 2.34. The highest BCUT2D eigenvalue weighted by atomic mass is 16.6. The summed E-state index contributed by atoms with van der Waals surface area (Å²) in [6.45, 7) is 2.67. The van der Waals surface area contributed by atoms with Crippen molar-refractivity contribution < 1.29 is 66.7 Å². The molecule has 334 valence electrons. The molecule has 0 radical (unpaired) electrons. The zero-order valence-electron chi connectivity index (χ0n) is 35.0. The van der Waals surface area contributed by atoms with Crippen LogP contribution in [0.4, 0.5) is 0 Å². The standard InChI is InChI=1S/C44H54N4O14/c1-55-35-14-12-31(27-37(35)56-2)7-3-6-30-8-4-9-32(26-30)61-28-39(50)45-16-18-57-20-22-59-24-25-60-23-21-58-19-17-46-40(51)29-62-36-11-5-10-33-41(36)44(54)48(43(33)53)34-13-15-38(49)47-42(34)52/h4-5,8-12,14,26-27,34H,3,6-7,13,15-25,28-29H2,1-2H3,(H,45,50)(H,46,51)(H,47,49,52). The molecule has 0 aliphatic carbocycles. The number of hydrogen-bond acceptors (Lipinski definition) is 14. The minimum atomic E-state index is -1.11. The summed E-state index contributed by atoms with van der Waals surface area (Å²) >= 11 is 0. The molecule has 3 N–H and O–H groups in total. The number of hydrogen-bond donors (Lipinski definition) is 3. The number of benzene rings is 3. The summed E-state index contributed by atoms with van der Waals surface area (Å²) in [7, 11) is 3.25. The molecule has 0 bridgehead atoms. The van der Waals surface area contributed by atoms with Crippen LogP contribution < -0.4 is 34.9 Å². The molecule has 1 fully saturated rings. The van der Waals surface area contributed by atoms with Crippen molar-refractivity contribution in [2.75, 3.05) is 93.4 Å². The summed E-state index contributed by atoms with van der Waals surface area (Å²) in [4.78, 5) is 75.4. The lowest BCUT2D eigenvalue weighted by Gasteiger charge is -2.27. The van der Waals surface area contributed by atoms with Gasteiger partial charge in [0.05, 0.1) is 78.2 Å². The van der Waals surface area contributed by atoms with Crippen LogP contribution in [-0.2, 0) is 51.0 Å². The SMILES string of the molecule is COc1ccc(CCCc2cccc(OCC(=O)NCCOCCOCCOCCOCCNC(=O)COc3cccc4c3C(=O)N(C3CCC(=O)NC3=O)C4=O)c2)cc1OC. The van der Waals surface area contributed by atoms with Gasteiger partial charge in [-0.1, -0.05) is 24.3 Å². The highest BCUT2D eigenvalue weighted by Gasteiger charge is 2.46. The van der Waals surface area contributed by atoms with E-state index in [0.29, 0.717) is 70.0 Å². The van der Waals surface area contributed by atoms with Gasteiger partial charge in [0.1, 0.15) is 17.5 Å². The second kappa shape index (κ2) is 25.0. The molecule has 3 aromatic carbocycles. The molecule has 18 heteroatoms. The van der Waals surface area contributed by atoms with Gasteiger partial charge in [-0.15, -0.1) is 0 Å². The Morgan fingerprint density at radius 1 is 0.661 bits per heavy atom. The van der Waals surface area contributed by atoms with E-state index in [4.69, 9.17) is 37.9 Å². The van der Waals surface area contributed by atoms with Gasteiger partial charge in [-0.3, -0.25) is 39.0 Å². The number of nitrogens with one attached hydrogen (secondary N) is 3. The van der Waals surface area contributed by atoms with E-state index in [-0.39, 0.29) is 55.4 Å². The van der Waals surface area contributed by atoms with E-state index in [1.165, 1.54) is 23.8 Å². The van der Waals surface area contributed by atoms with Gasteiger partial charge in [0, 0.05) is 19.5 Å². The van der Waals surface area contributed by atoms with Crippen molar-refractivity contribution in [2.24, 2.45) is 0 Å². The van der Waals surface area contributed by atoms with Crippen molar-refractivity contribution in [3.8, 4) is 23.0 Å². The highest BCUT2D eigenvalue weighted by molar-refractivity contribution is 6.24. The fourth-order valence-electron chi connectivity index (χ4n) is 6.61. The Balaban J connectivity index is 0.806. The number of amides is 6. The van der Waals surface area contributed by atoms with Gasteiger partial charge in [-0.05, 0) is 73.2 Å². The lowest BCUT2D eigenvalue weighted by Crippen LogP contribution is -2.54. The molecule has 1 saturated heterocycles. The molecule has 3 aromatic rings. The van der Waals surface area contributed by atoms with Crippen LogP contribution in [-0.4, -0.2) is 140 Å². The Morgan fingerprint density at radius 3 is 1.89 bits per heavy atom. The van der Waals surface area contributed by atoms with Gasteiger partial charge in [-0.2, -0.15) is 0 Å². The maximum absolute atomic E-state index is 13.2. The summed E-state index contributed by atoms with van der Waals surface area (Å²) in [5.74, 6) is -1.18. The minimum Gasteiger partial charge on any atom is -0.493 e. The third kappa shape index (κ3) is 14.3. The van der Waals surface area contributed by atoms with Crippen LogP contribution >= 0.6 is 0 Å². The van der Waals surface area contributed by atoms with E-state index in [1.54, 1.807) is 14.2 Å². The minimum absolute atomic E-state index is 0.00500. The van der Waals surface area contributed by atoms with Crippen molar-refractivity contribution >= 4 is 35.4 Å². The number of imide groups is 2. The van der Waals surface area contributed by atoms with Crippen LogP contribution in [0.25, 0.3) is 0 Å². The normalized spacial score (nSPS) is 14.6. The van der Waals surface area contributed by atoms with Crippen molar-refractivity contribution in [3.63, 3.8) is 0 Å². The summed E-state index contributed by atoms with van der Waals surface area (Å²) in [5, 5.41) is 7.57. The van der Waals surface area contributed by atoms with Gasteiger partial charge in [0.2, 0.25) is 11.8 Å². The number of piperidine rings is 1. The summed E-state index contributed by atoms with van der Waals surface area (Å²) in [6.07, 6.45) is 2.73. The zero-order chi connectivity index (χ0) is 44.1. The van der Waals surface area contributed by atoms with Crippen LogP contribution in [0.5, 0.6) is 23.0 Å². The van der Waals surface area contributed by atoms with Crippen molar-refractivity contribution in [3.05, 3.63) is 82.9 Å². The number of carbonyl (C=O) groups excluding carboxylic acids is 6. The molecule has 2 aliphatic heterocycles. The van der Waals surface area contributed by atoms with Crippen molar-refractivity contribution in [2.45, 2.75) is 38.1 Å². The maximum atomic E-state index is 13.2. The predicted molar refractivity (Wildman–Crippen MR) is 221 cm³/mol. The number of aryl methyl sites for hydroxylation is 2. The molecule has 62 heavy (non-hydrogen) atoms. The first-order valence-corrected chi connectivity index (χ1v) is 20.4. The van der Waals surface area contributed by atoms with Crippen LogP contribution in [0.1, 0.15) is 51.1 Å². The maximum Gasteiger partial charge on any atom is 0.266 e. The Labute approximate surface area is 359 Å². The molecule has 1 unspecified atom stereocenters. The van der Waals surface area contributed by atoms with E-state index < -0.39 is 42.2 Å². The van der Waals surface area contributed by atoms with E-state index in [2.05, 4.69) is 16.0 Å². The monoisotopic (exact) mass is 862 g/mol. The Bertz CT molecular complexity index is 2010. The van der Waals surface area contributed by atoms with Crippen LogP contribution in [0, 0.1) is 0 Å². The molecule has 1 atom stereocenters. The molecule has 2 aliphatic rings. The second-order valence-electron chi connectivity index (χ2n) is 14.0. The third-order valence-electron chi connectivity index (χ3n) is 9.69. The van der Waals surface area contributed by atoms with Crippen LogP contribution in [0.2, 0.25) is 0 Å². The molecule has 6 amide bonds. The first-order chi connectivity index (χ1) is 30.2. The topological polar surface area (TPSA) is 216 Å². The lowest BCUT2D eigenvalue weighted by atomic mass is 10.0.